The van der Waals surface area contributed by atoms with E-state index in [0.29, 0.717) is 5.56 Å². The Bertz CT molecular complexity index is 635. The van der Waals surface area contributed by atoms with Gasteiger partial charge in [-0.15, -0.1) is 0 Å². The molecule has 0 unspecified atom stereocenters. The monoisotopic (exact) mass is 248 g/mol. The number of carboxylic acids is 1. The average Bonchev–Trinajstić information content (AvgIpc) is 2.77. The summed E-state index contributed by atoms with van der Waals surface area (Å²) in [5, 5.41) is 23.4. The molecule has 2 aromatic rings. The Balaban J connectivity index is 2.59. The van der Waals surface area contributed by atoms with Gasteiger partial charge in [0.05, 0.1) is 4.92 Å². The topological polar surface area (TPSA) is 111 Å². The summed E-state index contributed by atoms with van der Waals surface area (Å²) in [6.07, 6.45) is 2.72. The molecule has 0 amide bonds. The van der Waals surface area contributed by atoms with Crippen molar-refractivity contribution in [3.8, 4) is 5.82 Å². The highest BCUT2D eigenvalue weighted by Crippen LogP contribution is 2.23. The van der Waals surface area contributed by atoms with E-state index < -0.39 is 10.9 Å². The van der Waals surface area contributed by atoms with Crippen LogP contribution in [0, 0.1) is 17.0 Å². The second kappa shape index (κ2) is 4.24. The van der Waals surface area contributed by atoms with Gasteiger partial charge in [0.15, 0.2) is 5.69 Å². The number of rotatable bonds is 3. The molecule has 8 heteroatoms. The minimum absolute atomic E-state index is 0.00694. The SMILES string of the molecule is Cc1ccnc(-n2ccc(C(=O)O)n2)c1[N+](=O)[O-]. The molecule has 8 nitrogen and oxygen atoms in total. The Hall–Kier alpha value is -2.77. The zero-order chi connectivity index (χ0) is 13.3. The first kappa shape index (κ1) is 11.7. The van der Waals surface area contributed by atoms with Gasteiger partial charge in [0, 0.05) is 18.0 Å². The van der Waals surface area contributed by atoms with Crippen molar-refractivity contribution in [3.63, 3.8) is 0 Å². The number of nitro groups is 1. The molecule has 2 heterocycles. The van der Waals surface area contributed by atoms with E-state index in [1.807, 2.05) is 0 Å². The van der Waals surface area contributed by atoms with E-state index in [2.05, 4.69) is 10.1 Å². The molecule has 92 valence electrons. The van der Waals surface area contributed by atoms with E-state index in [-0.39, 0.29) is 17.2 Å². The van der Waals surface area contributed by atoms with Crippen LogP contribution in [0.1, 0.15) is 16.1 Å². The first-order valence-electron chi connectivity index (χ1n) is 4.90. The Morgan fingerprint density at radius 2 is 2.22 bits per heavy atom. The molecule has 0 aliphatic heterocycles. The van der Waals surface area contributed by atoms with E-state index in [1.54, 1.807) is 6.92 Å². The predicted octanol–water partition coefficient (Wildman–Crippen LogP) is 1.18. The fourth-order valence-electron chi connectivity index (χ4n) is 1.49. The Kier molecular flexibility index (Phi) is 2.76. The van der Waals surface area contributed by atoms with Crippen molar-refractivity contribution in [1.29, 1.82) is 0 Å². The van der Waals surface area contributed by atoms with E-state index in [4.69, 9.17) is 5.11 Å². The molecule has 0 aromatic carbocycles. The summed E-state index contributed by atoms with van der Waals surface area (Å²) in [5.74, 6) is -1.21. The van der Waals surface area contributed by atoms with Gasteiger partial charge in [-0.2, -0.15) is 5.10 Å². The van der Waals surface area contributed by atoms with E-state index >= 15 is 0 Å². The molecule has 0 saturated carbocycles. The maximum atomic E-state index is 11.0. The third-order valence-corrected chi connectivity index (χ3v) is 2.31. The minimum atomic E-state index is -1.20. The first-order chi connectivity index (χ1) is 8.50. The number of aryl methyl sites for hydroxylation is 1. The van der Waals surface area contributed by atoms with E-state index in [1.165, 1.54) is 24.5 Å². The van der Waals surface area contributed by atoms with Crippen LogP contribution in [0.2, 0.25) is 0 Å². The van der Waals surface area contributed by atoms with Crippen molar-refractivity contribution < 1.29 is 14.8 Å². The summed E-state index contributed by atoms with van der Waals surface area (Å²) >= 11 is 0. The average molecular weight is 248 g/mol. The predicted molar refractivity (Wildman–Crippen MR) is 59.7 cm³/mol. The van der Waals surface area contributed by atoms with Gasteiger partial charge in [0.1, 0.15) is 0 Å². The van der Waals surface area contributed by atoms with Gasteiger partial charge in [0.25, 0.3) is 0 Å². The normalized spacial score (nSPS) is 10.3. The molecule has 18 heavy (non-hydrogen) atoms. The van der Waals surface area contributed by atoms with Crippen molar-refractivity contribution in [2.45, 2.75) is 6.92 Å². The molecule has 0 atom stereocenters. The molecule has 0 spiro atoms. The molecule has 2 rings (SSSR count). The highest BCUT2D eigenvalue weighted by Gasteiger charge is 2.21. The van der Waals surface area contributed by atoms with Gasteiger partial charge < -0.3 is 5.11 Å². The highest BCUT2D eigenvalue weighted by atomic mass is 16.6. The number of hydrogen-bond donors (Lipinski definition) is 1. The van der Waals surface area contributed by atoms with Crippen LogP contribution in [0.15, 0.2) is 24.5 Å². The quantitative estimate of drug-likeness (QED) is 0.644. The van der Waals surface area contributed by atoms with E-state index in [9.17, 15) is 14.9 Å². The number of pyridine rings is 1. The van der Waals surface area contributed by atoms with Crippen LogP contribution in [-0.4, -0.2) is 30.8 Å². The van der Waals surface area contributed by atoms with Crippen molar-refractivity contribution in [3.05, 3.63) is 45.9 Å². The summed E-state index contributed by atoms with van der Waals surface area (Å²) in [7, 11) is 0. The van der Waals surface area contributed by atoms with Crippen LogP contribution in [0.25, 0.3) is 5.82 Å². The van der Waals surface area contributed by atoms with Crippen LogP contribution >= 0.6 is 0 Å². The van der Waals surface area contributed by atoms with Gasteiger partial charge in [0.2, 0.25) is 5.82 Å². The highest BCUT2D eigenvalue weighted by molar-refractivity contribution is 5.85. The van der Waals surface area contributed by atoms with Crippen LogP contribution < -0.4 is 0 Å². The lowest BCUT2D eigenvalue weighted by Gasteiger charge is -2.03. The van der Waals surface area contributed by atoms with E-state index in [0.717, 1.165) is 4.68 Å². The molecule has 0 radical (unpaired) electrons. The van der Waals surface area contributed by atoms with Gasteiger partial charge in [-0.1, -0.05) is 0 Å². The molecular formula is C10H8N4O4. The molecule has 0 aliphatic carbocycles. The fourth-order valence-corrected chi connectivity index (χ4v) is 1.49. The number of aromatic nitrogens is 3. The first-order valence-corrected chi connectivity index (χ1v) is 4.90. The second-order valence-corrected chi connectivity index (χ2v) is 3.51. The van der Waals surface area contributed by atoms with Crippen molar-refractivity contribution in [2.24, 2.45) is 0 Å². The summed E-state index contributed by atoms with van der Waals surface area (Å²) < 4.78 is 1.08. The summed E-state index contributed by atoms with van der Waals surface area (Å²) in [6, 6.07) is 2.75. The van der Waals surface area contributed by atoms with Crippen molar-refractivity contribution >= 4 is 11.7 Å². The maximum Gasteiger partial charge on any atom is 0.356 e. The lowest BCUT2D eigenvalue weighted by Crippen LogP contribution is -2.06. The summed E-state index contributed by atoms with van der Waals surface area (Å²) in [6.45, 7) is 1.57. The van der Waals surface area contributed by atoms with Crippen LogP contribution in [0.4, 0.5) is 5.69 Å². The Morgan fingerprint density at radius 3 is 2.78 bits per heavy atom. The maximum absolute atomic E-state index is 11.0. The van der Waals surface area contributed by atoms with Gasteiger partial charge in [-0.05, 0) is 19.1 Å². The van der Waals surface area contributed by atoms with Crippen LogP contribution in [0.3, 0.4) is 0 Å². The minimum Gasteiger partial charge on any atom is -0.476 e. The lowest BCUT2D eigenvalue weighted by molar-refractivity contribution is -0.385. The Morgan fingerprint density at radius 1 is 1.50 bits per heavy atom. The fraction of sp³-hybridized carbons (Fsp3) is 0.100. The standard InChI is InChI=1S/C10H8N4O4/c1-6-2-4-11-9(8(6)14(17)18)13-5-3-7(12-13)10(15)16/h2-5H,1H3,(H,15,16). The molecule has 1 N–H and O–H groups in total. The van der Waals surface area contributed by atoms with Crippen molar-refractivity contribution in [2.75, 3.05) is 0 Å². The van der Waals surface area contributed by atoms with Gasteiger partial charge in [-0.3, -0.25) is 10.1 Å². The molecule has 0 saturated heterocycles. The number of aromatic carboxylic acids is 1. The third-order valence-electron chi connectivity index (χ3n) is 2.31. The molecular weight excluding hydrogens is 240 g/mol. The smallest absolute Gasteiger partial charge is 0.356 e. The number of nitrogens with zero attached hydrogens (tertiary/aromatic N) is 4. The second-order valence-electron chi connectivity index (χ2n) is 3.51. The van der Waals surface area contributed by atoms with Gasteiger partial charge >= 0.3 is 11.7 Å². The van der Waals surface area contributed by atoms with Crippen LogP contribution in [0.5, 0.6) is 0 Å². The number of carboxylic acid groups (broad SMARTS) is 1. The Labute approximate surface area is 101 Å². The number of carbonyl (C=O) groups is 1. The molecule has 0 aliphatic rings. The number of hydrogen-bond acceptors (Lipinski definition) is 5. The van der Waals surface area contributed by atoms with Gasteiger partial charge in [-0.25, -0.2) is 14.5 Å². The lowest BCUT2D eigenvalue weighted by atomic mass is 10.2. The summed E-state index contributed by atoms with van der Waals surface area (Å²) in [5.41, 5.74) is 0.0301. The zero-order valence-corrected chi connectivity index (χ0v) is 9.27. The molecule has 0 fully saturated rings. The zero-order valence-electron chi connectivity index (χ0n) is 9.27. The van der Waals surface area contributed by atoms with Crippen LogP contribution in [-0.2, 0) is 0 Å². The molecule has 2 aromatic heterocycles. The summed E-state index contributed by atoms with van der Waals surface area (Å²) in [4.78, 5) is 25.0. The third kappa shape index (κ3) is 1.90. The molecule has 0 bridgehead atoms. The largest absolute Gasteiger partial charge is 0.476 e. The van der Waals surface area contributed by atoms with Crippen molar-refractivity contribution in [1.82, 2.24) is 14.8 Å².